The number of rotatable bonds is 6. The van der Waals surface area contributed by atoms with Crippen LogP contribution in [0, 0.1) is 0 Å². The van der Waals surface area contributed by atoms with Crippen LogP contribution in [-0.4, -0.2) is 41.0 Å². The molecule has 1 atom stereocenters. The van der Waals surface area contributed by atoms with Gasteiger partial charge in [0.2, 0.25) is 0 Å². The smallest absolute Gasteiger partial charge is 0.320 e. The Balaban J connectivity index is 2.07. The van der Waals surface area contributed by atoms with Gasteiger partial charge in [-0.1, -0.05) is 12.1 Å². The first-order valence-corrected chi connectivity index (χ1v) is 6.82. The second-order valence-corrected chi connectivity index (χ2v) is 5.19. The van der Waals surface area contributed by atoms with Crippen molar-refractivity contribution < 1.29 is 14.7 Å². The van der Waals surface area contributed by atoms with E-state index in [9.17, 15) is 9.59 Å². The van der Waals surface area contributed by atoms with E-state index >= 15 is 0 Å². The predicted molar refractivity (Wildman–Crippen MR) is 75.5 cm³/mol. The summed E-state index contributed by atoms with van der Waals surface area (Å²) < 4.78 is 0. The second-order valence-electron chi connectivity index (χ2n) is 5.19. The molecule has 1 fully saturated rings. The van der Waals surface area contributed by atoms with Gasteiger partial charge in [-0.25, -0.2) is 0 Å². The Kier molecular flexibility index (Phi) is 4.39. The number of carbonyl (C=O) groups excluding carboxylic acids is 1. The Bertz CT molecular complexity index is 494. The van der Waals surface area contributed by atoms with Crippen LogP contribution in [-0.2, 0) is 11.3 Å². The third kappa shape index (κ3) is 3.36. The van der Waals surface area contributed by atoms with Crippen molar-refractivity contribution in [2.24, 2.45) is 0 Å². The summed E-state index contributed by atoms with van der Waals surface area (Å²) in [7, 11) is 1.60. The summed E-state index contributed by atoms with van der Waals surface area (Å²) >= 11 is 0. The van der Waals surface area contributed by atoms with Gasteiger partial charge in [-0.3, -0.25) is 14.5 Å². The lowest BCUT2D eigenvalue weighted by Crippen LogP contribution is -2.40. The molecule has 1 aromatic rings. The SMILES string of the molecule is CNC(=O)c1ccc(CN(C2CC2)C(C)C(=O)O)cc1. The summed E-state index contributed by atoms with van der Waals surface area (Å²) in [4.78, 5) is 24.6. The molecular weight excluding hydrogens is 256 g/mol. The van der Waals surface area contributed by atoms with Gasteiger partial charge >= 0.3 is 5.97 Å². The molecule has 1 aliphatic carbocycles. The molecule has 0 aromatic heterocycles. The van der Waals surface area contributed by atoms with E-state index in [0.29, 0.717) is 18.2 Å². The molecule has 1 saturated carbocycles. The first-order valence-electron chi connectivity index (χ1n) is 6.82. The Labute approximate surface area is 118 Å². The summed E-state index contributed by atoms with van der Waals surface area (Å²) in [6.07, 6.45) is 2.13. The lowest BCUT2D eigenvalue weighted by molar-refractivity contribution is -0.143. The number of benzene rings is 1. The molecule has 0 heterocycles. The molecule has 0 bridgehead atoms. The first kappa shape index (κ1) is 14.5. The standard InChI is InChI=1S/C15H20N2O3/c1-10(15(19)20)17(13-7-8-13)9-11-3-5-12(6-4-11)14(18)16-2/h3-6,10,13H,7-9H2,1-2H3,(H,16,18)(H,19,20). The molecule has 2 rings (SSSR count). The third-order valence-corrected chi connectivity index (χ3v) is 3.68. The molecule has 5 heteroatoms. The van der Waals surface area contributed by atoms with E-state index in [-0.39, 0.29) is 5.91 Å². The molecule has 0 aliphatic heterocycles. The van der Waals surface area contributed by atoms with Crippen LogP contribution in [0.2, 0.25) is 0 Å². The summed E-state index contributed by atoms with van der Waals surface area (Å²) in [5.74, 6) is -0.909. The molecule has 0 spiro atoms. The van der Waals surface area contributed by atoms with E-state index in [0.717, 1.165) is 18.4 Å². The van der Waals surface area contributed by atoms with Crippen LogP contribution in [0.15, 0.2) is 24.3 Å². The van der Waals surface area contributed by atoms with Gasteiger partial charge in [-0.15, -0.1) is 0 Å². The minimum atomic E-state index is -0.793. The Hall–Kier alpha value is -1.88. The molecule has 1 amide bonds. The van der Waals surface area contributed by atoms with E-state index in [1.165, 1.54) is 0 Å². The minimum absolute atomic E-state index is 0.116. The molecule has 1 unspecified atom stereocenters. The van der Waals surface area contributed by atoms with Crippen LogP contribution >= 0.6 is 0 Å². The summed E-state index contributed by atoms with van der Waals surface area (Å²) in [5.41, 5.74) is 1.64. The number of carbonyl (C=O) groups is 2. The van der Waals surface area contributed by atoms with Crippen LogP contribution in [0.25, 0.3) is 0 Å². The monoisotopic (exact) mass is 276 g/mol. The minimum Gasteiger partial charge on any atom is -0.480 e. The predicted octanol–water partition coefficient (Wildman–Crippen LogP) is 1.48. The number of carboxylic acid groups (broad SMARTS) is 1. The second kappa shape index (κ2) is 6.05. The molecule has 108 valence electrons. The average molecular weight is 276 g/mol. The zero-order chi connectivity index (χ0) is 14.7. The molecule has 1 aromatic carbocycles. The number of aliphatic carboxylic acids is 1. The molecule has 0 radical (unpaired) electrons. The Morgan fingerprint density at radius 3 is 2.40 bits per heavy atom. The molecule has 5 nitrogen and oxygen atoms in total. The van der Waals surface area contributed by atoms with Crippen molar-refractivity contribution in [3.63, 3.8) is 0 Å². The zero-order valence-corrected chi connectivity index (χ0v) is 11.8. The van der Waals surface area contributed by atoms with Crippen LogP contribution in [0.4, 0.5) is 0 Å². The fraction of sp³-hybridized carbons (Fsp3) is 0.467. The van der Waals surface area contributed by atoms with Crippen molar-refractivity contribution in [2.75, 3.05) is 7.05 Å². The van der Waals surface area contributed by atoms with Crippen LogP contribution in [0.1, 0.15) is 35.7 Å². The maximum absolute atomic E-state index is 11.5. The molecular formula is C15H20N2O3. The average Bonchev–Trinajstić information content (AvgIpc) is 3.28. The van der Waals surface area contributed by atoms with Gasteiger partial charge in [0.25, 0.3) is 5.91 Å². The zero-order valence-electron chi connectivity index (χ0n) is 11.8. The van der Waals surface area contributed by atoms with Gasteiger partial charge in [-0.05, 0) is 37.5 Å². The third-order valence-electron chi connectivity index (χ3n) is 3.68. The van der Waals surface area contributed by atoms with Gasteiger partial charge in [0.05, 0.1) is 0 Å². The van der Waals surface area contributed by atoms with Crippen molar-refractivity contribution in [3.05, 3.63) is 35.4 Å². The Morgan fingerprint density at radius 1 is 1.35 bits per heavy atom. The van der Waals surface area contributed by atoms with Gasteiger partial charge < -0.3 is 10.4 Å². The maximum atomic E-state index is 11.5. The van der Waals surface area contributed by atoms with E-state index in [1.807, 2.05) is 17.0 Å². The highest BCUT2D eigenvalue weighted by atomic mass is 16.4. The van der Waals surface area contributed by atoms with E-state index < -0.39 is 12.0 Å². The van der Waals surface area contributed by atoms with Crippen molar-refractivity contribution in [2.45, 2.75) is 38.4 Å². The highest BCUT2D eigenvalue weighted by Gasteiger charge is 2.34. The summed E-state index contributed by atoms with van der Waals surface area (Å²) in [5, 5.41) is 11.7. The van der Waals surface area contributed by atoms with Crippen LogP contribution in [0.5, 0.6) is 0 Å². The molecule has 20 heavy (non-hydrogen) atoms. The van der Waals surface area contributed by atoms with Crippen LogP contribution in [0.3, 0.4) is 0 Å². The van der Waals surface area contributed by atoms with Gasteiger partial charge in [-0.2, -0.15) is 0 Å². The van der Waals surface area contributed by atoms with Gasteiger partial charge in [0.15, 0.2) is 0 Å². The lowest BCUT2D eigenvalue weighted by Gasteiger charge is -2.26. The van der Waals surface area contributed by atoms with Crippen LogP contribution < -0.4 is 5.32 Å². The number of amides is 1. The lowest BCUT2D eigenvalue weighted by atomic mass is 10.1. The van der Waals surface area contributed by atoms with Crippen molar-refractivity contribution >= 4 is 11.9 Å². The quantitative estimate of drug-likeness (QED) is 0.826. The molecule has 2 N–H and O–H groups in total. The van der Waals surface area contributed by atoms with Gasteiger partial charge in [0.1, 0.15) is 6.04 Å². The normalized spacial score (nSPS) is 15.9. The summed E-state index contributed by atoms with van der Waals surface area (Å²) in [6, 6.07) is 7.19. The first-order chi connectivity index (χ1) is 9.52. The largest absolute Gasteiger partial charge is 0.480 e. The van der Waals surface area contributed by atoms with Crippen molar-refractivity contribution in [1.82, 2.24) is 10.2 Å². The van der Waals surface area contributed by atoms with E-state index in [2.05, 4.69) is 5.32 Å². The molecule has 1 aliphatic rings. The summed E-state index contributed by atoms with van der Waals surface area (Å²) in [6.45, 7) is 2.33. The van der Waals surface area contributed by atoms with Crippen molar-refractivity contribution in [1.29, 1.82) is 0 Å². The highest BCUT2D eigenvalue weighted by molar-refractivity contribution is 5.93. The number of hydrogen-bond acceptors (Lipinski definition) is 3. The number of nitrogens with one attached hydrogen (secondary N) is 1. The van der Waals surface area contributed by atoms with E-state index in [4.69, 9.17) is 5.11 Å². The fourth-order valence-electron chi connectivity index (χ4n) is 2.25. The number of carboxylic acids is 1. The molecule has 0 saturated heterocycles. The topological polar surface area (TPSA) is 69.6 Å². The number of nitrogens with zero attached hydrogens (tertiary/aromatic N) is 1. The maximum Gasteiger partial charge on any atom is 0.320 e. The number of hydrogen-bond donors (Lipinski definition) is 2. The van der Waals surface area contributed by atoms with Gasteiger partial charge in [0, 0.05) is 25.2 Å². The fourth-order valence-corrected chi connectivity index (χ4v) is 2.25. The van der Waals surface area contributed by atoms with E-state index in [1.54, 1.807) is 26.1 Å². The Morgan fingerprint density at radius 2 is 1.95 bits per heavy atom. The highest BCUT2D eigenvalue weighted by Crippen LogP contribution is 2.30. The van der Waals surface area contributed by atoms with Crippen molar-refractivity contribution in [3.8, 4) is 0 Å².